The minimum Gasteiger partial charge on any atom is -0.493 e. The standard InChI is InChI=1S/C32H44N4O2/c1-6-35-22-25(21-33-35)23-36(27-17-15-26(16-18-27)24(2)3)32(37)30-13-9-12-29-28(30)11-10-14-31(29)38-20-8-7-19-34(4)5/h10-11,14-18,21-22,24,30H,6-9,12-13,19-20,23H2,1-5H3. The van der Waals surface area contributed by atoms with Crippen LogP contribution in [0.1, 0.15) is 80.5 Å². The van der Waals surface area contributed by atoms with Crippen molar-refractivity contribution in [3.05, 3.63) is 77.1 Å². The highest BCUT2D eigenvalue weighted by Gasteiger charge is 2.32. The second kappa shape index (κ2) is 13.1. The number of carbonyl (C=O) groups is 1. The number of hydrogen-bond acceptors (Lipinski definition) is 4. The number of aromatic nitrogens is 2. The van der Waals surface area contributed by atoms with Gasteiger partial charge in [-0.2, -0.15) is 5.10 Å². The summed E-state index contributed by atoms with van der Waals surface area (Å²) in [6.45, 7) is 9.55. The van der Waals surface area contributed by atoms with Gasteiger partial charge in [-0.1, -0.05) is 38.1 Å². The Morgan fingerprint density at radius 3 is 2.61 bits per heavy atom. The fourth-order valence-corrected chi connectivity index (χ4v) is 5.29. The van der Waals surface area contributed by atoms with Crippen molar-refractivity contribution < 1.29 is 9.53 Å². The number of anilines is 1. The van der Waals surface area contributed by atoms with Gasteiger partial charge in [-0.3, -0.25) is 9.48 Å². The van der Waals surface area contributed by atoms with Crippen molar-refractivity contribution in [2.75, 3.05) is 32.1 Å². The van der Waals surface area contributed by atoms with Crippen molar-refractivity contribution in [1.82, 2.24) is 14.7 Å². The van der Waals surface area contributed by atoms with Crippen molar-refractivity contribution in [1.29, 1.82) is 0 Å². The molecule has 0 radical (unpaired) electrons. The third-order valence-corrected chi connectivity index (χ3v) is 7.51. The molecule has 1 amide bonds. The molecule has 0 saturated heterocycles. The van der Waals surface area contributed by atoms with Gasteiger partial charge in [0.25, 0.3) is 0 Å². The van der Waals surface area contributed by atoms with Crippen molar-refractivity contribution in [2.45, 2.75) is 77.8 Å². The number of aryl methyl sites for hydroxylation is 1. The number of fused-ring (bicyclic) bond motifs is 1. The minimum atomic E-state index is -0.179. The first-order valence-electron chi connectivity index (χ1n) is 14.2. The van der Waals surface area contributed by atoms with E-state index in [1.165, 1.54) is 11.1 Å². The molecule has 0 aliphatic heterocycles. The van der Waals surface area contributed by atoms with Crippen molar-refractivity contribution in [3.63, 3.8) is 0 Å². The lowest BCUT2D eigenvalue weighted by Gasteiger charge is -2.32. The van der Waals surface area contributed by atoms with Gasteiger partial charge in [0.1, 0.15) is 5.75 Å². The first-order chi connectivity index (χ1) is 18.4. The molecule has 1 aromatic heterocycles. The van der Waals surface area contributed by atoms with Gasteiger partial charge >= 0.3 is 0 Å². The molecule has 0 saturated carbocycles. The van der Waals surface area contributed by atoms with E-state index in [-0.39, 0.29) is 11.8 Å². The lowest BCUT2D eigenvalue weighted by Crippen LogP contribution is -2.36. The summed E-state index contributed by atoms with van der Waals surface area (Å²) in [5.41, 5.74) is 5.58. The van der Waals surface area contributed by atoms with Crippen LogP contribution in [0.25, 0.3) is 0 Å². The van der Waals surface area contributed by atoms with Gasteiger partial charge in [-0.25, -0.2) is 0 Å². The van der Waals surface area contributed by atoms with E-state index in [1.807, 2.05) is 28.0 Å². The van der Waals surface area contributed by atoms with Crippen LogP contribution in [-0.2, 0) is 24.3 Å². The van der Waals surface area contributed by atoms with Crippen LogP contribution in [0.4, 0.5) is 5.69 Å². The van der Waals surface area contributed by atoms with E-state index in [4.69, 9.17) is 4.74 Å². The summed E-state index contributed by atoms with van der Waals surface area (Å²) >= 11 is 0. The number of rotatable bonds is 12. The molecule has 1 aliphatic rings. The topological polar surface area (TPSA) is 50.6 Å². The van der Waals surface area contributed by atoms with E-state index in [9.17, 15) is 4.79 Å². The van der Waals surface area contributed by atoms with Gasteiger partial charge in [0.05, 0.1) is 25.3 Å². The van der Waals surface area contributed by atoms with Crippen LogP contribution in [0.2, 0.25) is 0 Å². The Morgan fingerprint density at radius 1 is 1.13 bits per heavy atom. The van der Waals surface area contributed by atoms with E-state index >= 15 is 0 Å². The highest BCUT2D eigenvalue weighted by atomic mass is 16.5. The third kappa shape index (κ3) is 6.84. The molecule has 6 nitrogen and oxygen atoms in total. The highest BCUT2D eigenvalue weighted by molar-refractivity contribution is 5.98. The van der Waals surface area contributed by atoms with Crippen molar-refractivity contribution in [3.8, 4) is 5.75 Å². The molecule has 6 heteroatoms. The molecule has 2 aromatic carbocycles. The quantitative estimate of drug-likeness (QED) is 0.261. The molecule has 0 N–H and O–H groups in total. The first-order valence-corrected chi connectivity index (χ1v) is 14.2. The van der Waals surface area contributed by atoms with E-state index in [0.717, 1.165) is 67.8 Å². The van der Waals surface area contributed by atoms with Crippen LogP contribution in [0.15, 0.2) is 54.9 Å². The molecule has 38 heavy (non-hydrogen) atoms. The molecule has 0 fully saturated rings. The van der Waals surface area contributed by atoms with Crippen LogP contribution in [-0.4, -0.2) is 47.8 Å². The van der Waals surface area contributed by atoms with Crippen molar-refractivity contribution >= 4 is 11.6 Å². The number of hydrogen-bond donors (Lipinski definition) is 0. The Bertz CT molecular complexity index is 1180. The van der Waals surface area contributed by atoms with Gasteiger partial charge in [-0.15, -0.1) is 0 Å². The minimum absolute atomic E-state index is 0.149. The summed E-state index contributed by atoms with van der Waals surface area (Å²) in [5.74, 6) is 1.36. The normalized spacial score (nSPS) is 15.1. The Labute approximate surface area is 228 Å². The molecule has 1 unspecified atom stereocenters. The van der Waals surface area contributed by atoms with Crippen LogP contribution in [0, 0.1) is 0 Å². The molecule has 0 bridgehead atoms. The lowest BCUT2D eigenvalue weighted by atomic mass is 9.81. The fraction of sp³-hybridized carbons (Fsp3) is 0.500. The van der Waals surface area contributed by atoms with Gasteiger partial charge in [0.2, 0.25) is 5.91 Å². The van der Waals surface area contributed by atoms with E-state index < -0.39 is 0 Å². The average molecular weight is 517 g/mol. The zero-order chi connectivity index (χ0) is 27.1. The first kappa shape index (κ1) is 27.9. The molecular weight excluding hydrogens is 472 g/mol. The van der Waals surface area contributed by atoms with Gasteiger partial charge in [0.15, 0.2) is 0 Å². The largest absolute Gasteiger partial charge is 0.493 e. The number of carbonyl (C=O) groups excluding carboxylic acids is 1. The second-order valence-electron chi connectivity index (χ2n) is 11.0. The Kier molecular flexibility index (Phi) is 9.62. The number of unbranched alkanes of at least 4 members (excludes halogenated alkanes) is 1. The summed E-state index contributed by atoms with van der Waals surface area (Å²) in [6.07, 6.45) is 8.85. The smallest absolute Gasteiger partial charge is 0.234 e. The number of nitrogens with zero attached hydrogens (tertiary/aromatic N) is 4. The molecule has 1 aliphatic carbocycles. The van der Waals surface area contributed by atoms with E-state index in [1.54, 1.807) is 0 Å². The molecule has 0 spiro atoms. The monoisotopic (exact) mass is 516 g/mol. The number of ether oxygens (including phenoxy) is 1. The summed E-state index contributed by atoms with van der Waals surface area (Å²) in [5, 5.41) is 4.45. The maximum atomic E-state index is 14.3. The van der Waals surface area contributed by atoms with E-state index in [0.29, 0.717) is 19.1 Å². The third-order valence-electron chi connectivity index (χ3n) is 7.51. The van der Waals surface area contributed by atoms with E-state index in [2.05, 4.69) is 81.3 Å². The predicted molar refractivity (Wildman–Crippen MR) is 155 cm³/mol. The summed E-state index contributed by atoms with van der Waals surface area (Å²) in [7, 11) is 4.20. The van der Waals surface area contributed by atoms with Gasteiger partial charge in [0, 0.05) is 24.0 Å². The number of benzene rings is 2. The maximum Gasteiger partial charge on any atom is 0.234 e. The molecule has 3 aromatic rings. The maximum absolute atomic E-state index is 14.3. The average Bonchev–Trinajstić information content (AvgIpc) is 3.38. The second-order valence-corrected chi connectivity index (χ2v) is 11.0. The van der Waals surface area contributed by atoms with Crippen LogP contribution < -0.4 is 9.64 Å². The molecule has 4 rings (SSSR count). The zero-order valence-electron chi connectivity index (χ0n) is 23.8. The Balaban J connectivity index is 1.58. The summed E-state index contributed by atoms with van der Waals surface area (Å²) in [6, 6.07) is 14.7. The Hall–Kier alpha value is -3.12. The summed E-state index contributed by atoms with van der Waals surface area (Å²) in [4.78, 5) is 18.4. The molecule has 1 atom stereocenters. The lowest BCUT2D eigenvalue weighted by molar-refractivity contribution is -0.120. The van der Waals surface area contributed by atoms with Gasteiger partial charge < -0.3 is 14.5 Å². The predicted octanol–water partition coefficient (Wildman–Crippen LogP) is 6.40. The SMILES string of the molecule is CCn1cc(CN(C(=O)C2CCCc3c(OCCCCN(C)C)cccc32)c2ccc(C(C)C)cc2)cn1. The van der Waals surface area contributed by atoms with Crippen LogP contribution >= 0.6 is 0 Å². The highest BCUT2D eigenvalue weighted by Crippen LogP contribution is 2.39. The molecule has 204 valence electrons. The number of amides is 1. The summed E-state index contributed by atoms with van der Waals surface area (Å²) < 4.78 is 8.17. The van der Waals surface area contributed by atoms with Crippen LogP contribution in [0.3, 0.4) is 0 Å². The molecular formula is C32H44N4O2. The van der Waals surface area contributed by atoms with Crippen molar-refractivity contribution in [2.24, 2.45) is 0 Å². The Morgan fingerprint density at radius 2 is 1.92 bits per heavy atom. The molecule has 1 heterocycles. The van der Waals surface area contributed by atoms with Gasteiger partial charge in [-0.05, 0) is 100 Å². The van der Waals surface area contributed by atoms with Crippen LogP contribution in [0.5, 0.6) is 5.75 Å². The fourth-order valence-electron chi connectivity index (χ4n) is 5.29. The zero-order valence-corrected chi connectivity index (χ0v) is 23.8.